The van der Waals surface area contributed by atoms with Crippen molar-refractivity contribution in [1.82, 2.24) is 10.2 Å². The lowest BCUT2D eigenvalue weighted by molar-refractivity contribution is -0.122. The zero-order chi connectivity index (χ0) is 13.4. The fourth-order valence-electron chi connectivity index (χ4n) is 1.70. The molecule has 1 aromatic rings. The van der Waals surface area contributed by atoms with Crippen LogP contribution in [-0.2, 0) is 11.2 Å². The number of amides is 1. The van der Waals surface area contributed by atoms with Gasteiger partial charge in [0.1, 0.15) is 0 Å². The van der Waals surface area contributed by atoms with Gasteiger partial charge >= 0.3 is 0 Å². The van der Waals surface area contributed by atoms with Gasteiger partial charge in [-0.25, -0.2) is 0 Å². The van der Waals surface area contributed by atoms with Crippen molar-refractivity contribution in [1.29, 1.82) is 0 Å². The first-order chi connectivity index (χ1) is 8.59. The number of carbonyl (C=O) groups is 1. The van der Waals surface area contributed by atoms with E-state index in [1.165, 1.54) is 0 Å². The number of nitrogens with zero attached hydrogens (tertiary/aromatic N) is 1. The average molecular weight is 249 g/mol. The van der Waals surface area contributed by atoms with Gasteiger partial charge < -0.3 is 16.0 Å². The van der Waals surface area contributed by atoms with Gasteiger partial charge in [-0.15, -0.1) is 0 Å². The Labute approximate surface area is 109 Å². The summed E-state index contributed by atoms with van der Waals surface area (Å²) in [5, 5.41) is 2.87. The van der Waals surface area contributed by atoms with E-state index in [2.05, 4.69) is 10.2 Å². The van der Waals surface area contributed by atoms with E-state index in [1.807, 2.05) is 44.4 Å². The van der Waals surface area contributed by atoms with Crippen LogP contribution in [0.3, 0.4) is 0 Å². The lowest BCUT2D eigenvalue weighted by Crippen LogP contribution is -2.42. The van der Waals surface area contributed by atoms with Gasteiger partial charge in [0.2, 0.25) is 5.91 Å². The Balaban J connectivity index is 2.25. The minimum atomic E-state index is -0.466. The second-order valence-corrected chi connectivity index (χ2v) is 4.74. The number of rotatable bonds is 7. The third-order valence-corrected chi connectivity index (χ3v) is 2.72. The Morgan fingerprint density at radius 1 is 1.33 bits per heavy atom. The molecule has 0 unspecified atom stereocenters. The topological polar surface area (TPSA) is 58.4 Å². The predicted molar refractivity (Wildman–Crippen MR) is 74.3 cm³/mol. The summed E-state index contributed by atoms with van der Waals surface area (Å²) in [4.78, 5) is 13.8. The molecule has 0 saturated heterocycles. The molecular weight excluding hydrogens is 226 g/mol. The lowest BCUT2D eigenvalue weighted by Gasteiger charge is -2.13. The molecule has 4 heteroatoms. The van der Waals surface area contributed by atoms with Crippen LogP contribution in [0.2, 0.25) is 0 Å². The molecule has 0 fully saturated rings. The molecule has 0 aromatic heterocycles. The van der Waals surface area contributed by atoms with E-state index in [-0.39, 0.29) is 5.91 Å². The van der Waals surface area contributed by atoms with Crippen molar-refractivity contribution in [2.75, 3.05) is 27.2 Å². The fourth-order valence-corrected chi connectivity index (χ4v) is 1.70. The molecule has 0 radical (unpaired) electrons. The first kappa shape index (κ1) is 14.7. The second kappa shape index (κ2) is 7.84. The molecule has 1 amide bonds. The van der Waals surface area contributed by atoms with Crippen LogP contribution in [0, 0.1) is 0 Å². The molecule has 0 aliphatic heterocycles. The molecule has 0 saturated carbocycles. The molecule has 0 aliphatic rings. The minimum Gasteiger partial charge on any atom is -0.355 e. The summed E-state index contributed by atoms with van der Waals surface area (Å²) in [6.45, 7) is 1.65. The van der Waals surface area contributed by atoms with E-state index in [1.54, 1.807) is 0 Å². The maximum absolute atomic E-state index is 11.7. The van der Waals surface area contributed by atoms with Crippen molar-refractivity contribution in [2.24, 2.45) is 5.73 Å². The van der Waals surface area contributed by atoms with Crippen molar-refractivity contribution in [3.05, 3.63) is 35.9 Å². The summed E-state index contributed by atoms with van der Waals surface area (Å²) in [5.74, 6) is -0.0717. The number of benzene rings is 1. The molecule has 100 valence electrons. The molecule has 0 aliphatic carbocycles. The van der Waals surface area contributed by atoms with Gasteiger partial charge in [0, 0.05) is 6.54 Å². The molecule has 1 atom stereocenters. The summed E-state index contributed by atoms with van der Waals surface area (Å²) in [6, 6.07) is 9.37. The SMILES string of the molecule is CN(C)CCCNC(=O)[C@@H](N)Cc1ccccc1. The van der Waals surface area contributed by atoms with Crippen molar-refractivity contribution in [2.45, 2.75) is 18.9 Å². The number of hydrogen-bond acceptors (Lipinski definition) is 3. The van der Waals surface area contributed by atoms with Gasteiger partial charge in [0.25, 0.3) is 0 Å². The van der Waals surface area contributed by atoms with E-state index >= 15 is 0 Å². The molecule has 0 heterocycles. The van der Waals surface area contributed by atoms with Gasteiger partial charge in [-0.3, -0.25) is 4.79 Å². The van der Waals surface area contributed by atoms with Crippen LogP contribution in [0.5, 0.6) is 0 Å². The van der Waals surface area contributed by atoms with E-state index in [4.69, 9.17) is 5.73 Å². The van der Waals surface area contributed by atoms with Crippen LogP contribution in [0.4, 0.5) is 0 Å². The maximum atomic E-state index is 11.7. The molecule has 3 N–H and O–H groups in total. The molecule has 0 spiro atoms. The molecule has 4 nitrogen and oxygen atoms in total. The third kappa shape index (κ3) is 5.80. The lowest BCUT2D eigenvalue weighted by atomic mass is 10.1. The first-order valence-corrected chi connectivity index (χ1v) is 6.31. The Bertz CT molecular complexity index is 351. The second-order valence-electron chi connectivity index (χ2n) is 4.74. The fraction of sp³-hybridized carbons (Fsp3) is 0.500. The normalized spacial score (nSPS) is 12.4. The monoisotopic (exact) mass is 249 g/mol. The Hall–Kier alpha value is -1.39. The highest BCUT2D eigenvalue weighted by Gasteiger charge is 2.12. The highest BCUT2D eigenvalue weighted by atomic mass is 16.2. The predicted octanol–water partition coefficient (Wildman–Crippen LogP) is 0.624. The summed E-state index contributed by atoms with van der Waals surface area (Å²) < 4.78 is 0. The van der Waals surface area contributed by atoms with Crippen molar-refractivity contribution < 1.29 is 4.79 Å². The van der Waals surface area contributed by atoms with E-state index < -0.39 is 6.04 Å². The van der Waals surface area contributed by atoms with E-state index in [9.17, 15) is 4.79 Å². The summed E-state index contributed by atoms with van der Waals surface area (Å²) in [6.07, 6.45) is 1.52. The smallest absolute Gasteiger partial charge is 0.237 e. The summed E-state index contributed by atoms with van der Waals surface area (Å²) >= 11 is 0. The van der Waals surface area contributed by atoms with Gasteiger partial charge in [-0.05, 0) is 39.0 Å². The zero-order valence-electron chi connectivity index (χ0n) is 11.2. The van der Waals surface area contributed by atoms with Crippen LogP contribution < -0.4 is 11.1 Å². The van der Waals surface area contributed by atoms with Crippen molar-refractivity contribution in [3.63, 3.8) is 0 Å². The first-order valence-electron chi connectivity index (χ1n) is 6.31. The van der Waals surface area contributed by atoms with Crippen molar-refractivity contribution >= 4 is 5.91 Å². The minimum absolute atomic E-state index is 0.0717. The summed E-state index contributed by atoms with van der Waals surface area (Å²) in [5.41, 5.74) is 6.96. The largest absolute Gasteiger partial charge is 0.355 e. The standard InChI is InChI=1S/C14H23N3O/c1-17(2)10-6-9-16-14(18)13(15)11-12-7-4-3-5-8-12/h3-5,7-8,13H,6,9-11,15H2,1-2H3,(H,16,18)/t13-/m0/s1. The maximum Gasteiger partial charge on any atom is 0.237 e. The van der Waals surface area contributed by atoms with Crippen molar-refractivity contribution in [3.8, 4) is 0 Å². The molecule has 1 rings (SSSR count). The molecule has 0 bridgehead atoms. The van der Waals surface area contributed by atoms with Gasteiger partial charge in [0.15, 0.2) is 0 Å². The van der Waals surface area contributed by atoms with Gasteiger partial charge in [0.05, 0.1) is 6.04 Å². The number of nitrogens with two attached hydrogens (primary N) is 1. The summed E-state index contributed by atoms with van der Waals surface area (Å²) in [7, 11) is 4.03. The van der Waals surface area contributed by atoms with E-state index in [0.717, 1.165) is 18.5 Å². The highest BCUT2D eigenvalue weighted by Crippen LogP contribution is 2.01. The Kier molecular flexibility index (Phi) is 6.39. The molecule has 18 heavy (non-hydrogen) atoms. The van der Waals surface area contributed by atoms with Crippen LogP contribution in [0.15, 0.2) is 30.3 Å². The van der Waals surface area contributed by atoms with Crippen LogP contribution >= 0.6 is 0 Å². The molecular formula is C14H23N3O. The quantitative estimate of drug-likeness (QED) is 0.697. The Morgan fingerprint density at radius 3 is 2.61 bits per heavy atom. The third-order valence-electron chi connectivity index (χ3n) is 2.72. The number of carbonyl (C=O) groups excluding carboxylic acids is 1. The average Bonchev–Trinajstić information content (AvgIpc) is 2.35. The van der Waals surface area contributed by atoms with Gasteiger partial charge in [-0.1, -0.05) is 30.3 Å². The Morgan fingerprint density at radius 2 is 2.00 bits per heavy atom. The van der Waals surface area contributed by atoms with Gasteiger partial charge in [-0.2, -0.15) is 0 Å². The zero-order valence-corrected chi connectivity index (χ0v) is 11.2. The van der Waals surface area contributed by atoms with Crippen LogP contribution in [-0.4, -0.2) is 44.0 Å². The number of hydrogen-bond donors (Lipinski definition) is 2. The highest BCUT2D eigenvalue weighted by molar-refractivity contribution is 5.81. The molecule has 1 aromatic carbocycles. The van der Waals surface area contributed by atoms with E-state index in [0.29, 0.717) is 13.0 Å². The van der Waals surface area contributed by atoms with Crippen LogP contribution in [0.1, 0.15) is 12.0 Å². The number of nitrogens with one attached hydrogen (secondary N) is 1. The van der Waals surface area contributed by atoms with Crippen LogP contribution in [0.25, 0.3) is 0 Å².